The zero-order valence-electron chi connectivity index (χ0n) is 41.6. The van der Waals surface area contributed by atoms with Crippen LogP contribution in [-0.4, -0.2) is 6.79 Å². The Labute approximate surface area is 401 Å². The minimum Gasteiger partial charge on any atom is -0.454 e. The molecule has 0 bridgehead atoms. The van der Waals surface area contributed by atoms with Crippen molar-refractivity contribution in [3.05, 3.63) is 203 Å². The molecule has 4 aromatic heterocycles. The van der Waals surface area contributed by atoms with E-state index >= 15 is 0 Å². The molecule has 1 aliphatic heterocycles. The molecule has 9 aromatic rings. The van der Waals surface area contributed by atoms with Crippen LogP contribution in [0.3, 0.4) is 0 Å². The molecule has 5 heterocycles. The molecule has 0 aliphatic carbocycles. The fraction of sp³-hybridized carbons (Fsp3) is 0.233. The second-order valence-electron chi connectivity index (χ2n) is 18.8. The smallest absolute Gasteiger partial charge is 0.231 e. The molecule has 10 rings (SSSR count). The first kappa shape index (κ1) is 48.6. The van der Waals surface area contributed by atoms with Crippen molar-refractivity contribution in [3.8, 4) is 45.3 Å². The molecule has 0 unspecified atom stereocenters. The van der Waals surface area contributed by atoms with Crippen molar-refractivity contribution in [1.29, 1.82) is 0 Å². The first-order chi connectivity index (χ1) is 32.4. The molecular formula is C60H64F2N4O2+4. The number of benzene rings is 5. The van der Waals surface area contributed by atoms with Crippen molar-refractivity contribution in [1.82, 2.24) is 0 Å². The van der Waals surface area contributed by atoms with Gasteiger partial charge in [0.2, 0.25) is 29.4 Å². The first-order valence-corrected chi connectivity index (χ1v) is 23.0. The normalized spacial score (nSPS) is 11.6. The van der Waals surface area contributed by atoms with Crippen LogP contribution in [0.5, 0.6) is 11.5 Å². The summed E-state index contributed by atoms with van der Waals surface area (Å²) < 4.78 is 46.0. The van der Waals surface area contributed by atoms with Crippen molar-refractivity contribution < 1.29 is 36.5 Å². The van der Waals surface area contributed by atoms with E-state index in [1.165, 1.54) is 78.1 Å². The minimum absolute atomic E-state index is 0.132. The number of ether oxygens (including phenoxy) is 2. The Morgan fingerprint density at radius 1 is 0.471 bits per heavy atom. The minimum atomic E-state index is -0.544. The Morgan fingerprint density at radius 3 is 1.75 bits per heavy atom. The number of aryl methyl sites for hydroxylation is 9. The lowest BCUT2D eigenvalue weighted by molar-refractivity contribution is -0.660. The SMILES string of the molecule is Cc1cc(F)cc(F)c1-c1cccc[n+]1C.Cc1cc2c(cc1-c1cc(C(C)(C)C)cc[n+]1C)OCO2.Cc1ccc(-c2cccc[n+]2C)c(C)c1.Cc1cccc2ccc3ccc[n+](C)c3c12. The van der Waals surface area contributed by atoms with Crippen LogP contribution in [0, 0.1) is 46.3 Å². The Bertz CT molecular complexity index is 3200. The van der Waals surface area contributed by atoms with Crippen molar-refractivity contribution in [3.63, 3.8) is 0 Å². The van der Waals surface area contributed by atoms with Gasteiger partial charge in [0.15, 0.2) is 36.3 Å². The monoisotopic (exact) mass is 910 g/mol. The topological polar surface area (TPSA) is 34.0 Å². The zero-order valence-corrected chi connectivity index (χ0v) is 41.6. The van der Waals surface area contributed by atoms with E-state index in [1.807, 2.05) is 42.1 Å². The number of rotatable bonds is 3. The van der Waals surface area contributed by atoms with Gasteiger partial charge in [-0.05, 0) is 122 Å². The van der Waals surface area contributed by atoms with Gasteiger partial charge in [-0.15, -0.1) is 0 Å². The lowest BCUT2D eigenvalue weighted by Gasteiger charge is -2.19. The van der Waals surface area contributed by atoms with E-state index in [-0.39, 0.29) is 5.41 Å². The molecule has 0 amide bonds. The molecule has 6 nitrogen and oxygen atoms in total. The number of hydrogen-bond acceptors (Lipinski definition) is 2. The summed E-state index contributed by atoms with van der Waals surface area (Å²) >= 11 is 0. The first-order valence-electron chi connectivity index (χ1n) is 23.0. The van der Waals surface area contributed by atoms with Crippen LogP contribution in [0.2, 0.25) is 0 Å². The number of aromatic nitrogens is 4. The van der Waals surface area contributed by atoms with Gasteiger partial charge in [-0.3, -0.25) is 0 Å². The maximum Gasteiger partial charge on any atom is 0.231 e. The number of nitrogens with zero attached hydrogens (tertiary/aromatic N) is 4. The molecule has 68 heavy (non-hydrogen) atoms. The third-order valence-corrected chi connectivity index (χ3v) is 12.5. The number of hydrogen-bond donors (Lipinski definition) is 0. The highest BCUT2D eigenvalue weighted by atomic mass is 19.1. The predicted octanol–water partition coefficient (Wildman–Crippen LogP) is 12.2. The maximum absolute atomic E-state index is 13.7. The average Bonchev–Trinajstić information content (AvgIpc) is 3.75. The van der Waals surface area contributed by atoms with Crippen LogP contribution in [0.15, 0.2) is 158 Å². The van der Waals surface area contributed by atoms with E-state index in [4.69, 9.17) is 9.47 Å². The highest BCUT2D eigenvalue weighted by Gasteiger charge is 2.24. The van der Waals surface area contributed by atoms with Crippen LogP contribution < -0.4 is 27.7 Å². The van der Waals surface area contributed by atoms with E-state index in [0.29, 0.717) is 17.9 Å². The lowest BCUT2D eigenvalue weighted by Crippen LogP contribution is -2.31. The van der Waals surface area contributed by atoms with Gasteiger partial charge < -0.3 is 9.47 Å². The standard InChI is InChI=1S/C18H22NO2.C15H14N.C14H16N.C13H12F2N/c1-12-8-16-17(21-11-20-16)10-14(12)15-9-13(18(2,3)4)6-7-19(15)5;1-11-5-3-6-12-8-9-13-7-4-10-16(2)15(13)14(11)12;1-11-7-8-13(12(2)10-11)14-6-4-5-9-15(14)3;1-9-7-10(14)8-11(15)13(9)12-5-3-4-6-16(12)2/h6-10H,11H2,1-5H3;3-10H,1-2H3;4-10H,1-3H3;3-8H,1-2H3/q4*+1. The molecule has 1 aliphatic rings. The van der Waals surface area contributed by atoms with Crippen LogP contribution in [0.4, 0.5) is 8.78 Å². The van der Waals surface area contributed by atoms with Crippen molar-refractivity contribution in [2.75, 3.05) is 6.79 Å². The fourth-order valence-corrected chi connectivity index (χ4v) is 8.76. The van der Waals surface area contributed by atoms with Crippen LogP contribution in [0.1, 0.15) is 54.2 Å². The summed E-state index contributed by atoms with van der Waals surface area (Å²) in [6, 6.07) is 44.3. The number of halogens is 2. The molecule has 8 heteroatoms. The van der Waals surface area contributed by atoms with Crippen LogP contribution >= 0.6 is 0 Å². The molecule has 0 saturated carbocycles. The van der Waals surface area contributed by atoms with Crippen LogP contribution in [-0.2, 0) is 33.6 Å². The Morgan fingerprint density at radius 2 is 1.09 bits per heavy atom. The largest absolute Gasteiger partial charge is 0.454 e. The summed E-state index contributed by atoms with van der Waals surface area (Å²) in [5, 5.41) is 3.98. The Kier molecular flexibility index (Phi) is 14.8. The molecule has 0 radical (unpaired) electrons. The van der Waals surface area contributed by atoms with Crippen LogP contribution in [0.25, 0.3) is 55.4 Å². The summed E-state index contributed by atoms with van der Waals surface area (Å²) in [6.45, 7) is 17.3. The average molecular weight is 911 g/mol. The van der Waals surface area contributed by atoms with Crippen molar-refractivity contribution in [2.24, 2.45) is 28.2 Å². The third-order valence-electron chi connectivity index (χ3n) is 12.5. The molecule has 0 atom stereocenters. The summed E-state index contributed by atoms with van der Waals surface area (Å²) in [4.78, 5) is 0. The maximum atomic E-state index is 13.7. The summed E-state index contributed by atoms with van der Waals surface area (Å²) in [7, 11) is 8.09. The number of fused-ring (bicyclic) bond motifs is 4. The highest BCUT2D eigenvalue weighted by Crippen LogP contribution is 2.38. The predicted molar refractivity (Wildman–Crippen MR) is 270 cm³/mol. The van der Waals surface area contributed by atoms with E-state index in [1.54, 1.807) is 6.92 Å². The van der Waals surface area contributed by atoms with E-state index < -0.39 is 11.6 Å². The lowest BCUT2D eigenvalue weighted by atomic mass is 9.86. The quantitative estimate of drug-likeness (QED) is 0.131. The van der Waals surface area contributed by atoms with Gasteiger partial charge in [-0.2, -0.15) is 0 Å². The highest BCUT2D eigenvalue weighted by molar-refractivity contribution is 6.05. The van der Waals surface area contributed by atoms with Gasteiger partial charge in [0.1, 0.15) is 39.8 Å². The summed E-state index contributed by atoms with van der Waals surface area (Å²) in [6.07, 6.45) is 8.14. The zero-order chi connectivity index (χ0) is 48.9. The van der Waals surface area contributed by atoms with Gasteiger partial charge in [0, 0.05) is 59.5 Å². The van der Waals surface area contributed by atoms with E-state index in [2.05, 4.69) is 199 Å². The van der Waals surface area contributed by atoms with Gasteiger partial charge in [-0.1, -0.05) is 62.7 Å². The molecule has 0 fully saturated rings. The van der Waals surface area contributed by atoms with Gasteiger partial charge >= 0.3 is 0 Å². The second-order valence-corrected chi connectivity index (χ2v) is 18.8. The van der Waals surface area contributed by atoms with Crippen molar-refractivity contribution in [2.45, 2.75) is 60.8 Å². The summed E-state index contributed by atoms with van der Waals surface area (Å²) in [5.74, 6) is 0.597. The molecular weight excluding hydrogens is 847 g/mol. The molecule has 346 valence electrons. The molecule has 5 aromatic carbocycles. The van der Waals surface area contributed by atoms with Gasteiger partial charge in [-0.25, -0.2) is 27.0 Å². The number of pyridine rings is 4. The summed E-state index contributed by atoms with van der Waals surface area (Å²) in [5.41, 5.74) is 14.7. The third kappa shape index (κ3) is 10.9. The van der Waals surface area contributed by atoms with Crippen molar-refractivity contribution >= 4 is 21.7 Å². The van der Waals surface area contributed by atoms with E-state index in [9.17, 15) is 8.78 Å². The molecule has 0 spiro atoms. The Balaban J connectivity index is 0.000000135. The van der Waals surface area contributed by atoms with Gasteiger partial charge in [0.25, 0.3) is 0 Å². The Hall–Kier alpha value is -7.32. The van der Waals surface area contributed by atoms with E-state index in [0.717, 1.165) is 23.3 Å². The molecule has 0 saturated heterocycles. The fourth-order valence-electron chi connectivity index (χ4n) is 8.76. The van der Waals surface area contributed by atoms with Gasteiger partial charge in [0.05, 0.1) is 16.5 Å². The second kappa shape index (κ2) is 20.7. The molecule has 0 N–H and O–H groups in total.